The van der Waals surface area contributed by atoms with Crippen molar-refractivity contribution in [2.24, 2.45) is 5.73 Å². The summed E-state index contributed by atoms with van der Waals surface area (Å²) in [5.41, 5.74) is 7.85. The van der Waals surface area contributed by atoms with E-state index >= 15 is 0 Å². The van der Waals surface area contributed by atoms with Gasteiger partial charge in [-0.05, 0) is 24.6 Å². The van der Waals surface area contributed by atoms with Crippen LogP contribution in [0.3, 0.4) is 0 Å². The van der Waals surface area contributed by atoms with E-state index in [-0.39, 0.29) is 5.91 Å². The van der Waals surface area contributed by atoms with E-state index < -0.39 is 11.9 Å². The van der Waals surface area contributed by atoms with Crippen LogP contribution in [0.4, 0.5) is 0 Å². The van der Waals surface area contributed by atoms with Gasteiger partial charge in [0.05, 0.1) is 0 Å². The maximum Gasteiger partial charge on any atom is 0.251 e. The lowest BCUT2D eigenvalue weighted by Gasteiger charge is -2.15. The third-order valence-electron chi connectivity index (χ3n) is 3.21. The number of carbonyl (C=O) groups is 2. The Labute approximate surface area is 124 Å². The Morgan fingerprint density at radius 3 is 2.43 bits per heavy atom. The van der Waals surface area contributed by atoms with Crippen LogP contribution in [0.25, 0.3) is 0 Å². The van der Waals surface area contributed by atoms with Crippen LogP contribution in [0.2, 0.25) is 0 Å². The number of nitrogens with two attached hydrogens (primary N) is 1. The molecule has 0 saturated heterocycles. The second-order valence-electron chi connectivity index (χ2n) is 4.99. The molecule has 0 aromatic heterocycles. The normalized spacial score (nSPS) is 11.7. The Morgan fingerprint density at radius 1 is 1.10 bits per heavy atom. The van der Waals surface area contributed by atoms with Crippen molar-refractivity contribution in [1.29, 1.82) is 0 Å². The maximum absolute atomic E-state index is 12.2. The zero-order valence-electron chi connectivity index (χ0n) is 11.9. The zero-order chi connectivity index (χ0) is 15.2. The Morgan fingerprint density at radius 2 is 1.81 bits per heavy atom. The molecule has 0 aliphatic rings. The number of carbonyl (C=O) groups excluding carboxylic acids is 2. The summed E-state index contributed by atoms with van der Waals surface area (Å²) in [5, 5.41) is 2.69. The predicted molar refractivity (Wildman–Crippen MR) is 81.8 cm³/mol. The molecule has 2 aromatic carbocycles. The van der Waals surface area contributed by atoms with E-state index in [9.17, 15) is 9.59 Å². The number of aryl methyl sites for hydroxylation is 1. The van der Waals surface area contributed by atoms with Gasteiger partial charge in [0.15, 0.2) is 0 Å². The Bertz CT molecular complexity index is 638. The highest BCUT2D eigenvalue weighted by molar-refractivity contribution is 5.97. The number of primary amides is 1. The van der Waals surface area contributed by atoms with E-state index in [2.05, 4.69) is 5.32 Å². The Hall–Kier alpha value is -2.62. The second-order valence-corrected chi connectivity index (χ2v) is 4.99. The van der Waals surface area contributed by atoms with Gasteiger partial charge < -0.3 is 11.1 Å². The van der Waals surface area contributed by atoms with Crippen LogP contribution in [-0.4, -0.2) is 17.9 Å². The van der Waals surface area contributed by atoms with Crippen molar-refractivity contribution in [3.05, 3.63) is 71.3 Å². The average Bonchev–Trinajstić information content (AvgIpc) is 2.47. The summed E-state index contributed by atoms with van der Waals surface area (Å²) in [4.78, 5) is 23.7. The molecule has 0 aliphatic carbocycles. The Kier molecular flexibility index (Phi) is 4.72. The highest BCUT2D eigenvalue weighted by Gasteiger charge is 2.19. The van der Waals surface area contributed by atoms with Gasteiger partial charge in [-0.3, -0.25) is 9.59 Å². The molecule has 2 amide bonds. The summed E-state index contributed by atoms with van der Waals surface area (Å²) in [6, 6.07) is 15.9. The van der Waals surface area contributed by atoms with Gasteiger partial charge in [-0.15, -0.1) is 0 Å². The molecule has 0 unspecified atom stereocenters. The van der Waals surface area contributed by atoms with Crippen molar-refractivity contribution in [3.63, 3.8) is 0 Å². The molecule has 0 aliphatic heterocycles. The summed E-state index contributed by atoms with van der Waals surface area (Å²) < 4.78 is 0. The highest BCUT2D eigenvalue weighted by Crippen LogP contribution is 2.07. The first-order chi connectivity index (χ1) is 10.1. The van der Waals surface area contributed by atoms with Gasteiger partial charge in [-0.25, -0.2) is 0 Å². The summed E-state index contributed by atoms with van der Waals surface area (Å²) in [5.74, 6) is -0.835. The van der Waals surface area contributed by atoms with Crippen molar-refractivity contribution >= 4 is 11.8 Å². The first-order valence-corrected chi connectivity index (χ1v) is 6.77. The fraction of sp³-hybridized carbons (Fsp3) is 0.176. The SMILES string of the molecule is Cc1cccc(C(=O)N[C@H](Cc2ccccc2)C(N)=O)c1. The molecule has 0 spiro atoms. The van der Waals surface area contributed by atoms with Crippen LogP contribution in [0.1, 0.15) is 21.5 Å². The van der Waals surface area contributed by atoms with E-state index in [1.54, 1.807) is 18.2 Å². The molecule has 0 heterocycles. The molecule has 108 valence electrons. The largest absolute Gasteiger partial charge is 0.368 e. The number of benzene rings is 2. The smallest absolute Gasteiger partial charge is 0.251 e. The number of hydrogen-bond acceptors (Lipinski definition) is 2. The minimum absolute atomic E-state index is 0.293. The number of nitrogens with one attached hydrogen (secondary N) is 1. The average molecular weight is 282 g/mol. The molecule has 3 N–H and O–H groups in total. The number of hydrogen-bond donors (Lipinski definition) is 2. The van der Waals surface area contributed by atoms with E-state index in [1.165, 1.54) is 0 Å². The molecule has 2 aromatic rings. The molecule has 0 saturated carbocycles. The van der Waals surface area contributed by atoms with Crippen molar-refractivity contribution in [3.8, 4) is 0 Å². The molecule has 4 heteroatoms. The first-order valence-electron chi connectivity index (χ1n) is 6.77. The summed E-state index contributed by atoms with van der Waals surface area (Å²) in [7, 11) is 0. The summed E-state index contributed by atoms with van der Waals surface area (Å²) >= 11 is 0. The van der Waals surface area contributed by atoms with Crippen LogP contribution in [0.15, 0.2) is 54.6 Å². The minimum Gasteiger partial charge on any atom is -0.368 e. The monoisotopic (exact) mass is 282 g/mol. The van der Waals surface area contributed by atoms with Gasteiger partial charge in [0.1, 0.15) is 6.04 Å². The van der Waals surface area contributed by atoms with Gasteiger partial charge in [-0.2, -0.15) is 0 Å². The van der Waals surface area contributed by atoms with Crippen molar-refractivity contribution in [2.75, 3.05) is 0 Å². The summed E-state index contributed by atoms with van der Waals surface area (Å²) in [6.45, 7) is 1.91. The zero-order valence-corrected chi connectivity index (χ0v) is 11.9. The topological polar surface area (TPSA) is 72.2 Å². The predicted octanol–water partition coefficient (Wildman–Crippen LogP) is 1.82. The molecule has 0 bridgehead atoms. The van der Waals surface area contributed by atoms with Gasteiger partial charge in [-0.1, -0.05) is 48.0 Å². The molecule has 2 rings (SSSR count). The highest BCUT2D eigenvalue weighted by atomic mass is 16.2. The van der Waals surface area contributed by atoms with Crippen LogP contribution in [0, 0.1) is 6.92 Å². The third kappa shape index (κ3) is 4.18. The van der Waals surface area contributed by atoms with Gasteiger partial charge in [0.2, 0.25) is 5.91 Å². The van der Waals surface area contributed by atoms with Crippen LogP contribution in [0.5, 0.6) is 0 Å². The summed E-state index contributed by atoms with van der Waals surface area (Å²) in [6.07, 6.45) is 0.383. The fourth-order valence-corrected chi connectivity index (χ4v) is 2.10. The van der Waals surface area contributed by atoms with E-state index in [0.29, 0.717) is 12.0 Å². The lowest BCUT2D eigenvalue weighted by atomic mass is 10.0. The lowest BCUT2D eigenvalue weighted by Crippen LogP contribution is -2.45. The molecular formula is C17H18N2O2. The third-order valence-corrected chi connectivity index (χ3v) is 3.21. The quantitative estimate of drug-likeness (QED) is 0.878. The maximum atomic E-state index is 12.2. The molecule has 4 nitrogen and oxygen atoms in total. The standard InChI is InChI=1S/C17H18N2O2/c1-12-6-5-9-14(10-12)17(21)19-15(16(18)20)11-13-7-3-2-4-8-13/h2-10,15H,11H2,1H3,(H2,18,20)(H,19,21)/t15-/m1/s1. The fourth-order valence-electron chi connectivity index (χ4n) is 2.10. The van der Waals surface area contributed by atoms with Gasteiger partial charge in [0.25, 0.3) is 5.91 Å². The molecule has 0 radical (unpaired) electrons. The Balaban J connectivity index is 2.10. The van der Waals surface area contributed by atoms with Crippen molar-refractivity contribution in [2.45, 2.75) is 19.4 Å². The first kappa shape index (κ1) is 14.8. The van der Waals surface area contributed by atoms with Crippen molar-refractivity contribution in [1.82, 2.24) is 5.32 Å². The van der Waals surface area contributed by atoms with E-state index in [0.717, 1.165) is 11.1 Å². The number of rotatable bonds is 5. The van der Waals surface area contributed by atoms with E-state index in [4.69, 9.17) is 5.73 Å². The van der Waals surface area contributed by atoms with Crippen molar-refractivity contribution < 1.29 is 9.59 Å². The molecule has 21 heavy (non-hydrogen) atoms. The number of amides is 2. The molecule has 1 atom stereocenters. The minimum atomic E-state index is -0.722. The van der Waals surface area contributed by atoms with Crippen LogP contribution < -0.4 is 11.1 Å². The van der Waals surface area contributed by atoms with Crippen LogP contribution >= 0.6 is 0 Å². The van der Waals surface area contributed by atoms with Gasteiger partial charge in [0, 0.05) is 12.0 Å². The lowest BCUT2D eigenvalue weighted by molar-refractivity contribution is -0.119. The second kappa shape index (κ2) is 6.70. The molecule has 0 fully saturated rings. The van der Waals surface area contributed by atoms with E-state index in [1.807, 2.05) is 43.3 Å². The van der Waals surface area contributed by atoms with Crippen LogP contribution in [-0.2, 0) is 11.2 Å². The van der Waals surface area contributed by atoms with Gasteiger partial charge >= 0.3 is 0 Å². The molecular weight excluding hydrogens is 264 g/mol.